The lowest BCUT2D eigenvalue weighted by atomic mass is 10.3. The van der Waals surface area contributed by atoms with Crippen molar-refractivity contribution in [3.63, 3.8) is 0 Å². The Morgan fingerprint density at radius 2 is 1.93 bits per heavy atom. The predicted octanol–water partition coefficient (Wildman–Crippen LogP) is 2.59. The zero-order valence-electron chi connectivity index (χ0n) is 14.8. The normalized spacial score (nSPS) is 10.8. The first-order valence-corrected chi connectivity index (χ1v) is 10.3. The maximum atomic E-state index is 13.0. The average Bonchev–Trinajstić information content (AvgIpc) is 3.43. The molecule has 2 amide bonds. The zero-order chi connectivity index (χ0) is 20.2. The van der Waals surface area contributed by atoms with Crippen molar-refractivity contribution in [2.75, 3.05) is 5.75 Å². The summed E-state index contributed by atoms with van der Waals surface area (Å²) in [6.07, 6.45) is 1.36. The Balaban J connectivity index is 1.52. The third-order valence-corrected chi connectivity index (χ3v) is 5.62. The predicted molar refractivity (Wildman–Crippen MR) is 110 cm³/mol. The number of para-hydroxylation sites is 1. The molecule has 8 nitrogen and oxygen atoms in total. The number of amides is 2. The summed E-state index contributed by atoms with van der Waals surface area (Å²) >= 11 is 2.46. The molecule has 10 heteroatoms. The first-order chi connectivity index (χ1) is 14.1. The van der Waals surface area contributed by atoms with Gasteiger partial charge in [-0.05, 0) is 35.7 Å². The Labute approximate surface area is 172 Å². The van der Waals surface area contributed by atoms with Crippen LogP contribution in [0.4, 0.5) is 0 Å². The molecule has 3 aromatic heterocycles. The van der Waals surface area contributed by atoms with Crippen molar-refractivity contribution in [3.8, 4) is 5.69 Å². The lowest BCUT2D eigenvalue weighted by molar-refractivity contribution is -0.119. The monoisotopic (exact) mass is 426 g/mol. The number of hydrazine groups is 1. The molecular formula is C19H14N4O4S2. The fourth-order valence-electron chi connectivity index (χ4n) is 2.56. The number of nitrogens with zero attached hydrogens (tertiary/aromatic N) is 2. The van der Waals surface area contributed by atoms with Gasteiger partial charge in [0.25, 0.3) is 5.56 Å². The van der Waals surface area contributed by atoms with Crippen molar-refractivity contribution < 1.29 is 14.0 Å². The number of hydrogen-bond donors (Lipinski definition) is 2. The molecule has 146 valence electrons. The van der Waals surface area contributed by atoms with Gasteiger partial charge in [-0.25, -0.2) is 4.98 Å². The van der Waals surface area contributed by atoms with E-state index in [9.17, 15) is 14.4 Å². The topological polar surface area (TPSA) is 106 Å². The molecule has 0 saturated carbocycles. The van der Waals surface area contributed by atoms with E-state index in [-0.39, 0.29) is 17.1 Å². The van der Waals surface area contributed by atoms with Gasteiger partial charge >= 0.3 is 5.91 Å². The summed E-state index contributed by atoms with van der Waals surface area (Å²) in [6.45, 7) is 0. The molecule has 0 aliphatic carbocycles. The second-order valence-corrected chi connectivity index (χ2v) is 7.62. The lowest BCUT2D eigenvalue weighted by Gasteiger charge is -2.12. The van der Waals surface area contributed by atoms with Gasteiger partial charge in [0.15, 0.2) is 10.9 Å². The highest BCUT2D eigenvalue weighted by atomic mass is 32.2. The summed E-state index contributed by atoms with van der Waals surface area (Å²) in [5, 5.41) is 2.72. The number of hydrogen-bond acceptors (Lipinski definition) is 7. The Morgan fingerprint density at radius 1 is 1.10 bits per heavy atom. The van der Waals surface area contributed by atoms with E-state index in [1.165, 1.54) is 28.2 Å². The molecule has 0 aliphatic heterocycles. The number of carbonyl (C=O) groups is 2. The molecule has 4 rings (SSSR count). The van der Waals surface area contributed by atoms with Crippen LogP contribution < -0.4 is 16.4 Å². The summed E-state index contributed by atoms with van der Waals surface area (Å²) in [6, 6.07) is 13.9. The highest BCUT2D eigenvalue weighted by molar-refractivity contribution is 7.99. The fourth-order valence-corrected chi connectivity index (χ4v) is 4.18. The van der Waals surface area contributed by atoms with Crippen LogP contribution in [-0.4, -0.2) is 27.1 Å². The Hall–Kier alpha value is -3.37. The van der Waals surface area contributed by atoms with Gasteiger partial charge in [-0.2, -0.15) is 0 Å². The summed E-state index contributed by atoms with van der Waals surface area (Å²) in [4.78, 5) is 42.0. The van der Waals surface area contributed by atoms with Crippen LogP contribution in [0.25, 0.3) is 15.9 Å². The molecule has 0 bridgehead atoms. The molecule has 0 saturated heterocycles. The van der Waals surface area contributed by atoms with Crippen LogP contribution in [-0.2, 0) is 4.79 Å². The lowest BCUT2D eigenvalue weighted by Crippen LogP contribution is -2.42. The third-order valence-electron chi connectivity index (χ3n) is 3.87. The Kier molecular flexibility index (Phi) is 5.45. The number of aromatic nitrogens is 2. The van der Waals surface area contributed by atoms with Crippen molar-refractivity contribution in [2.45, 2.75) is 5.16 Å². The van der Waals surface area contributed by atoms with Gasteiger partial charge in [-0.15, -0.1) is 11.3 Å². The van der Waals surface area contributed by atoms with E-state index in [1.54, 1.807) is 29.6 Å². The van der Waals surface area contributed by atoms with Crippen molar-refractivity contribution in [3.05, 3.63) is 76.3 Å². The Morgan fingerprint density at radius 3 is 2.69 bits per heavy atom. The molecule has 0 fully saturated rings. The maximum Gasteiger partial charge on any atom is 0.305 e. The van der Waals surface area contributed by atoms with Crippen molar-refractivity contribution in [2.24, 2.45) is 0 Å². The van der Waals surface area contributed by atoms with E-state index in [4.69, 9.17) is 4.42 Å². The molecule has 0 spiro atoms. The Bertz CT molecular complexity index is 1220. The van der Waals surface area contributed by atoms with Gasteiger partial charge in [0.1, 0.15) is 4.83 Å². The maximum absolute atomic E-state index is 13.0. The van der Waals surface area contributed by atoms with Crippen LogP contribution in [0.5, 0.6) is 0 Å². The summed E-state index contributed by atoms with van der Waals surface area (Å²) in [5.74, 6) is -0.974. The van der Waals surface area contributed by atoms with Gasteiger partial charge in [0, 0.05) is 0 Å². The van der Waals surface area contributed by atoms with Crippen molar-refractivity contribution in [1.82, 2.24) is 20.4 Å². The number of benzene rings is 1. The number of nitrogens with one attached hydrogen (secondary N) is 2. The van der Waals surface area contributed by atoms with Gasteiger partial charge in [-0.3, -0.25) is 29.8 Å². The van der Waals surface area contributed by atoms with E-state index in [1.807, 2.05) is 18.2 Å². The van der Waals surface area contributed by atoms with Crippen LogP contribution in [0.2, 0.25) is 0 Å². The molecular weight excluding hydrogens is 412 g/mol. The highest BCUT2D eigenvalue weighted by Crippen LogP contribution is 2.23. The molecule has 0 atom stereocenters. The zero-order valence-corrected chi connectivity index (χ0v) is 16.5. The molecule has 1 aromatic carbocycles. The highest BCUT2D eigenvalue weighted by Gasteiger charge is 2.16. The fraction of sp³-hybridized carbons (Fsp3) is 0.0526. The smallest absolute Gasteiger partial charge is 0.305 e. The van der Waals surface area contributed by atoms with Crippen LogP contribution in [0, 0.1) is 0 Å². The molecule has 29 heavy (non-hydrogen) atoms. The van der Waals surface area contributed by atoms with Gasteiger partial charge < -0.3 is 4.42 Å². The SMILES string of the molecule is O=C(CSc1nc2sccc2c(=O)n1-c1ccccc1)NNC(=O)c1ccco1. The molecule has 0 aliphatic rings. The van der Waals surface area contributed by atoms with E-state index < -0.39 is 11.8 Å². The number of furan rings is 1. The first kappa shape index (κ1) is 19.0. The number of carbonyl (C=O) groups excluding carboxylic acids is 2. The van der Waals surface area contributed by atoms with Crippen LogP contribution in [0.15, 0.2) is 74.5 Å². The minimum absolute atomic E-state index is 0.0470. The van der Waals surface area contributed by atoms with Crippen LogP contribution in [0.3, 0.4) is 0 Å². The molecule has 2 N–H and O–H groups in total. The summed E-state index contributed by atoms with van der Waals surface area (Å²) in [7, 11) is 0. The first-order valence-electron chi connectivity index (χ1n) is 8.44. The minimum atomic E-state index is -0.562. The minimum Gasteiger partial charge on any atom is -0.459 e. The van der Waals surface area contributed by atoms with Gasteiger partial charge in [0.05, 0.1) is 23.1 Å². The summed E-state index contributed by atoms with van der Waals surface area (Å²) < 4.78 is 6.43. The van der Waals surface area contributed by atoms with Crippen molar-refractivity contribution in [1.29, 1.82) is 0 Å². The molecule has 3 heterocycles. The average molecular weight is 426 g/mol. The summed E-state index contributed by atoms with van der Waals surface area (Å²) in [5.41, 5.74) is 5.05. The molecule has 4 aromatic rings. The van der Waals surface area contributed by atoms with Crippen LogP contribution >= 0.6 is 23.1 Å². The number of fused-ring (bicyclic) bond motifs is 1. The largest absolute Gasteiger partial charge is 0.459 e. The number of thioether (sulfide) groups is 1. The van der Waals surface area contributed by atoms with E-state index in [0.717, 1.165) is 11.8 Å². The quantitative estimate of drug-likeness (QED) is 0.289. The van der Waals surface area contributed by atoms with E-state index >= 15 is 0 Å². The number of rotatable bonds is 5. The standard InChI is InChI=1S/C19H14N4O4S2/c24-15(21-22-16(25)14-7-4-9-27-14)11-29-19-20-17-13(8-10-28-17)18(26)23(19)12-5-2-1-3-6-12/h1-10H,11H2,(H,21,24)(H,22,25). The number of thiophene rings is 1. The van der Waals surface area contributed by atoms with E-state index in [0.29, 0.717) is 21.1 Å². The molecule has 0 unspecified atom stereocenters. The van der Waals surface area contributed by atoms with Gasteiger partial charge in [-0.1, -0.05) is 30.0 Å². The second kappa shape index (κ2) is 8.33. The second-order valence-electron chi connectivity index (χ2n) is 5.78. The van der Waals surface area contributed by atoms with E-state index in [2.05, 4.69) is 15.8 Å². The van der Waals surface area contributed by atoms with Crippen molar-refractivity contribution >= 4 is 45.1 Å². The molecule has 0 radical (unpaired) electrons. The third kappa shape index (κ3) is 4.08. The van der Waals surface area contributed by atoms with Gasteiger partial charge in [0.2, 0.25) is 5.91 Å². The van der Waals surface area contributed by atoms with Crippen LogP contribution in [0.1, 0.15) is 10.6 Å².